The van der Waals surface area contributed by atoms with Crippen LogP contribution in [-0.4, -0.2) is 27.8 Å². The third-order valence-electron chi connectivity index (χ3n) is 5.14. The molecule has 2 amide bonds. The number of rotatable bonds is 5. The van der Waals surface area contributed by atoms with Gasteiger partial charge < -0.3 is 15.8 Å². The lowest BCUT2D eigenvalue weighted by molar-refractivity contribution is 0.0949. The minimum absolute atomic E-state index is 0.258. The van der Waals surface area contributed by atoms with Crippen LogP contribution >= 0.6 is 11.3 Å². The fourth-order valence-corrected chi connectivity index (χ4v) is 4.32. The van der Waals surface area contributed by atoms with E-state index in [4.69, 9.17) is 10.5 Å². The molecule has 1 aliphatic rings. The van der Waals surface area contributed by atoms with Crippen molar-refractivity contribution < 1.29 is 14.3 Å². The molecule has 0 spiro atoms. The number of thiophene rings is 1. The van der Waals surface area contributed by atoms with Gasteiger partial charge in [-0.2, -0.15) is 11.3 Å². The number of amides is 2. The Bertz CT molecular complexity index is 1280. The van der Waals surface area contributed by atoms with Gasteiger partial charge in [-0.25, -0.2) is 4.98 Å². The molecule has 1 aromatic carbocycles. The van der Waals surface area contributed by atoms with Crippen molar-refractivity contribution in [3.63, 3.8) is 0 Å². The zero-order valence-electron chi connectivity index (χ0n) is 15.9. The number of ether oxygens (including phenoxy) is 1. The Kier molecular flexibility index (Phi) is 4.48. The lowest BCUT2D eigenvalue weighted by Gasteiger charge is -2.08. The second-order valence-corrected chi connectivity index (χ2v) is 7.80. The smallest absolute Gasteiger partial charge is 0.268 e. The molecule has 1 aliphatic heterocycles. The Morgan fingerprint density at radius 1 is 1.27 bits per heavy atom. The summed E-state index contributed by atoms with van der Waals surface area (Å²) in [7, 11) is 0. The highest BCUT2D eigenvalue weighted by atomic mass is 32.1. The summed E-state index contributed by atoms with van der Waals surface area (Å²) in [5.74, 6) is 0.00270. The number of carbonyl (C=O) groups excluding carboxylic acids is 2. The highest BCUT2D eigenvalue weighted by molar-refractivity contribution is 7.08. The van der Waals surface area contributed by atoms with Crippen LogP contribution in [0.25, 0.3) is 16.9 Å². The van der Waals surface area contributed by atoms with Gasteiger partial charge in [0.1, 0.15) is 17.1 Å². The Morgan fingerprint density at radius 2 is 2.17 bits per heavy atom. The van der Waals surface area contributed by atoms with Crippen molar-refractivity contribution in [3.05, 3.63) is 75.7 Å². The van der Waals surface area contributed by atoms with Crippen LogP contribution in [0.4, 0.5) is 0 Å². The van der Waals surface area contributed by atoms with E-state index in [-0.39, 0.29) is 11.6 Å². The second-order valence-electron chi connectivity index (χ2n) is 7.02. The summed E-state index contributed by atoms with van der Waals surface area (Å²) in [4.78, 5) is 29.6. The zero-order chi connectivity index (χ0) is 20.7. The van der Waals surface area contributed by atoms with Crippen LogP contribution in [0.15, 0.2) is 53.4 Å². The molecule has 0 unspecified atom stereocenters. The van der Waals surface area contributed by atoms with E-state index >= 15 is 0 Å². The molecule has 3 N–H and O–H groups in total. The van der Waals surface area contributed by atoms with E-state index in [0.717, 1.165) is 23.3 Å². The molecule has 0 fully saturated rings. The van der Waals surface area contributed by atoms with Gasteiger partial charge in [-0.05, 0) is 40.8 Å². The standard InChI is InChI=1S/C22H18N4O3S/c23-20(27)19-18(15-6-9-30-12-15)25-21-16(2-1-7-26(19)21)22(28)24-11-13-3-4-14-5-8-29-17(14)10-13/h1-4,6-7,9-10,12H,5,8,11H2,(H2,23,27)(H,24,28). The first-order valence-electron chi connectivity index (χ1n) is 9.48. The van der Waals surface area contributed by atoms with Gasteiger partial charge in [0.15, 0.2) is 5.65 Å². The molecule has 0 atom stereocenters. The molecular weight excluding hydrogens is 400 g/mol. The molecule has 30 heavy (non-hydrogen) atoms. The van der Waals surface area contributed by atoms with Crippen LogP contribution in [-0.2, 0) is 13.0 Å². The molecule has 0 saturated carbocycles. The van der Waals surface area contributed by atoms with Gasteiger partial charge in [0.2, 0.25) is 0 Å². The zero-order valence-corrected chi connectivity index (χ0v) is 16.7. The van der Waals surface area contributed by atoms with Gasteiger partial charge in [-0.15, -0.1) is 0 Å². The van der Waals surface area contributed by atoms with Crippen molar-refractivity contribution in [2.75, 3.05) is 6.61 Å². The van der Waals surface area contributed by atoms with Gasteiger partial charge >= 0.3 is 0 Å². The predicted molar refractivity (Wildman–Crippen MR) is 114 cm³/mol. The van der Waals surface area contributed by atoms with Gasteiger partial charge in [-0.1, -0.05) is 12.1 Å². The molecule has 0 aliphatic carbocycles. The lowest BCUT2D eigenvalue weighted by atomic mass is 10.1. The first-order valence-corrected chi connectivity index (χ1v) is 10.4. The van der Waals surface area contributed by atoms with Crippen molar-refractivity contribution in [1.82, 2.24) is 14.7 Å². The second kappa shape index (κ2) is 7.31. The predicted octanol–water partition coefficient (Wildman–Crippen LogP) is 3.03. The number of nitrogens with two attached hydrogens (primary N) is 1. The molecule has 4 aromatic rings. The SMILES string of the molecule is NC(=O)c1c(-c2ccsc2)nc2c(C(=O)NCc3ccc4c(c3)OCC4)cccn12. The van der Waals surface area contributed by atoms with Crippen LogP contribution in [0.3, 0.4) is 0 Å². The Hall–Kier alpha value is -3.65. The number of pyridine rings is 1. The van der Waals surface area contributed by atoms with Crippen LogP contribution in [0.2, 0.25) is 0 Å². The first-order chi connectivity index (χ1) is 14.6. The average Bonchev–Trinajstić information content (AvgIpc) is 3.49. The highest BCUT2D eigenvalue weighted by Gasteiger charge is 2.22. The molecule has 0 saturated heterocycles. The summed E-state index contributed by atoms with van der Waals surface area (Å²) in [6.07, 6.45) is 2.60. The summed E-state index contributed by atoms with van der Waals surface area (Å²) < 4.78 is 7.17. The van der Waals surface area contributed by atoms with E-state index in [1.807, 2.05) is 35.0 Å². The van der Waals surface area contributed by atoms with E-state index in [2.05, 4.69) is 10.3 Å². The first kappa shape index (κ1) is 18.4. The van der Waals surface area contributed by atoms with Crippen molar-refractivity contribution in [2.45, 2.75) is 13.0 Å². The minimum Gasteiger partial charge on any atom is -0.493 e. The normalized spacial score (nSPS) is 12.5. The summed E-state index contributed by atoms with van der Waals surface area (Å²) in [5, 5.41) is 6.72. The number of hydrogen-bond acceptors (Lipinski definition) is 5. The summed E-state index contributed by atoms with van der Waals surface area (Å²) in [5.41, 5.74) is 10.1. The maximum Gasteiger partial charge on any atom is 0.268 e. The summed E-state index contributed by atoms with van der Waals surface area (Å²) in [6, 6.07) is 11.2. The molecule has 8 heteroatoms. The molecule has 7 nitrogen and oxygen atoms in total. The van der Waals surface area contributed by atoms with E-state index in [1.54, 1.807) is 22.7 Å². The van der Waals surface area contributed by atoms with Crippen LogP contribution in [0, 0.1) is 0 Å². The Balaban J connectivity index is 1.47. The van der Waals surface area contributed by atoms with E-state index in [9.17, 15) is 9.59 Å². The molecule has 4 heterocycles. The van der Waals surface area contributed by atoms with Crippen molar-refractivity contribution in [1.29, 1.82) is 0 Å². The number of carbonyl (C=O) groups is 2. The number of aromatic nitrogens is 2. The van der Waals surface area contributed by atoms with Gasteiger partial charge in [0.25, 0.3) is 11.8 Å². The number of benzene rings is 1. The number of primary amides is 1. The topological polar surface area (TPSA) is 98.7 Å². The van der Waals surface area contributed by atoms with Crippen molar-refractivity contribution in [2.24, 2.45) is 5.73 Å². The number of imidazole rings is 1. The fraction of sp³-hybridized carbons (Fsp3) is 0.136. The van der Waals surface area contributed by atoms with Crippen LogP contribution in [0.5, 0.6) is 5.75 Å². The molecule has 0 radical (unpaired) electrons. The highest BCUT2D eigenvalue weighted by Crippen LogP contribution is 2.28. The van der Waals surface area contributed by atoms with Gasteiger partial charge in [-0.3, -0.25) is 14.0 Å². The Morgan fingerprint density at radius 3 is 2.97 bits per heavy atom. The van der Waals surface area contributed by atoms with E-state index < -0.39 is 5.91 Å². The number of nitrogens with one attached hydrogen (secondary N) is 1. The van der Waals surface area contributed by atoms with E-state index in [0.29, 0.717) is 30.1 Å². The summed E-state index contributed by atoms with van der Waals surface area (Å²) in [6.45, 7) is 1.05. The monoisotopic (exact) mass is 418 g/mol. The third-order valence-corrected chi connectivity index (χ3v) is 5.82. The quantitative estimate of drug-likeness (QED) is 0.520. The van der Waals surface area contributed by atoms with Gasteiger partial charge in [0.05, 0.1) is 12.2 Å². The summed E-state index contributed by atoms with van der Waals surface area (Å²) >= 11 is 1.50. The number of fused-ring (bicyclic) bond motifs is 2. The molecule has 150 valence electrons. The number of hydrogen-bond donors (Lipinski definition) is 2. The Labute approximate surface area is 176 Å². The molecule has 0 bridgehead atoms. The van der Waals surface area contributed by atoms with Crippen LogP contribution in [0.1, 0.15) is 32.0 Å². The number of nitrogens with zero attached hydrogens (tertiary/aromatic N) is 2. The minimum atomic E-state index is -0.598. The third kappa shape index (κ3) is 3.11. The average molecular weight is 418 g/mol. The molecular formula is C22H18N4O3S. The van der Waals surface area contributed by atoms with Crippen molar-refractivity contribution >= 4 is 28.8 Å². The maximum atomic E-state index is 12.9. The maximum absolute atomic E-state index is 12.9. The van der Waals surface area contributed by atoms with Gasteiger partial charge in [0, 0.05) is 30.1 Å². The lowest BCUT2D eigenvalue weighted by Crippen LogP contribution is -2.23. The molecule has 5 rings (SSSR count). The molecule has 3 aromatic heterocycles. The fourth-order valence-electron chi connectivity index (χ4n) is 3.68. The van der Waals surface area contributed by atoms with E-state index in [1.165, 1.54) is 16.9 Å². The largest absolute Gasteiger partial charge is 0.493 e. The van der Waals surface area contributed by atoms with Crippen molar-refractivity contribution in [3.8, 4) is 17.0 Å². The van der Waals surface area contributed by atoms with Crippen LogP contribution < -0.4 is 15.8 Å².